The van der Waals surface area contributed by atoms with Gasteiger partial charge in [0.1, 0.15) is 35.3 Å². The zero-order valence-corrected chi connectivity index (χ0v) is 22.4. The number of likely N-dealkylation sites (tertiary alicyclic amines) is 1. The van der Waals surface area contributed by atoms with Crippen LogP contribution in [0.15, 0.2) is 28.7 Å². The number of primary amides is 1. The first-order valence-electron chi connectivity index (χ1n) is 13.5. The van der Waals surface area contributed by atoms with E-state index >= 15 is 0 Å². The number of aliphatic hydroxyl groups is 3. The molecular weight excluding hydrogens is 525 g/mol. The van der Waals surface area contributed by atoms with Gasteiger partial charge in [-0.2, -0.15) is 0 Å². The third kappa shape index (κ3) is 3.84. The van der Waals surface area contributed by atoms with Crippen LogP contribution in [0.5, 0.6) is 11.5 Å². The van der Waals surface area contributed by atoms with Crippen LogP contribution in [0.1, 0.15) is 53.7 Å². The monoisotopic (exact) mass is 559 g/mol. The fourth-order valence-electron chi connectivity index (χ4n) is 7.24. The Morgan fingerprint density at radius 1 is 1.30 bits per heavy atom. The highest BCUT2D eigenvalue weighted by Gasteiger charge is 2.63. The second-order valence-corrected chi connectivity index (χ2v) is 10.8. The molecule has 1 heterocycles. The van der Waals surface area contributed by atoms with Crippen LogP contribution < -0.4 is 15.8 Å². The Bertz CT molecular complexity index is 1360. The molecule has 40 heavy (non-hydrogen) atoms. The van der Waals surface area contributed by atoms with Gasteiger partial charge in [0, 0.05) is 35.2 Å². The number of amides is 1. The average molecular weight is 560 g/mol. The quantitative estimate of drug-likeness (QED) is 0.266. The number of rotatable bonds is 7. The van der Waals surface area contributed by atoms with Crippen LogP contribution in [0.25, 0.3) is 0 Å². The molecule has 5 atom stereocenters. The first-order valence-corrected chi connectivity index (χ1v) is 13.5. The van der Waals surface area contributed by atoms with Crippen molar-refractivity contribution >= 4 is 17.5 Å². The van der Waals surface area contributed by atoms with Gasteiger partial charge < -0.3 is 36.2 Å². The average Bonchev–Trinajstić information content (AvgIpc) is 3.39. The molecule has 0 saturated carbocycles. The number of phenolic OH excluding ortho intramolecular Hbond substituents is 1. The number of benzene rings is 1. The van der Waals surface area contributed by atoms with Crippen molar-refractivity contribution in [1.29, 1.82) is 0 Å². The summed E-state index contributed by atoms with van der Waals surface area (Å²) in [5.41, 5.74) is 2.44. The van der Waals surface area contributed by atoms with Gasteiger partial charge in [0.05, 0.1) is 18.7 Å². The van der Waals surface area contributed by atoms with E-state index in [2.05, 4.69) is 10.2 Å². The van der Waals surface area contributed by atoms with Crippen molar-refractivity contribution in [3.05, 3.63) is 45.4 Å². The number of fused-ring (bicyclic) bond motifs is 3. The zero-order valence-electron chi connectivity index (χ0n) is 22.4. The summed E-state index contributed by atoms with van der Waals surface area (Å²) >= 11 is 0. The highest BCUT2D eigenvalue weighted by molar-refractivity contribution is 6.24. The van der Waals surface area contributed by atoms with Gasteiger partial charge in [0.25, 0.3) is 5.91 Å². The Morgan fingerprint density at radius 2 is 2.02 bits per heavy atom. The van der Waals surface area contributed by atoms with Crippen molar-refractivity contribution in [2.45, 2.75) is 50.3 Å². The number of alkyl halides is 1. The van der Waals surface area contributed by atoms with Gasteiger partial charge >= 0.3 is 0 Å². The molecule has 0 unspecified atom stereocenters. The summed E-state index contributed by atoms with van der Waals surface area (Å²) < 4.78 is 18.9. The van der Waals surface area contributed by atoms with Crippen molar-refractivity contribution in [2.24, 2.45) is 17.6 Å². The molecule has 1 amide bonds. The van der Waals surface area contributed by atoms with Crippen molar-refractivity contribution in [1.82, 2.24) is 10.2 Å². The number of halogens is 1. The number of ether oxygens (including phenoxy) is 1. The lowest BCUT2D eigenvalue weighted by molar-refractivity contribution is -0.146. The summed E-state index contributed by atoms with van der Waals surface area (Å²) in [6, 6.07) is 0.174. The summed E-state index contributed by atoms with van der Waals surface area (Å²) in [5, 5.41) is 47.6. The van der Waals surface area contributed by atoms with E-state index in [0.717, 1.165) is 31.5 Å². The van der Waals surface area contributed by atoms with Crippen molar-refractivity contribution in [3.8, 4) is 11.5 Å². The molecular formula is C28H34FN3O8. The number of hydrogen-bond donors (Lipinski definition) is 6. The molecule has 0 radical (unpaired) electrons. The summed E-state index contributed by atoms with van der Waals surface area (Å²) in [5.74, 6) is -7.05. The molecule has 0 aromatic heterocycles. The highest BCUT2D eigenvalue weighted by Crippen LogP contribution is 2.54. The van der Waals surface area contributed by atoms with Gasteiger partial charge in [-0.3, -0.25) is 19.3 Å². The maximum atomic E-state index is 13.9. The maximum Gasteiger partial charge on any atom is 0.255 e. The standard InChI is InChI=1S/C28H34FN3O8/c1-3-32-8-4-5-16(32)13-11-17(33)19-14(24(13)40-2)9-12-10-15-21(31-7-6-29)23(35)20(27(30)38)26(37)28(15,39)25(36)18(12)22(19)34/h11-12,15-16,21,31,33,35-36,39H,3-10H2,1-2H3,(H2,30,38)/t12-,15-,16-,21-,28-/m0/s1. The molecule has 5 rings (SSSR count). The van der Waals surface area contributed by atoms with Gasteiger partial charge in [-0.15, -0.1) is 0 Å². The second-order valence-electron chi connectivity index (χ2n) is 10.8. The number of nitrogens with one attached hydrogen (secondary N) is 1. The van der Waals surface area contributed by atoms with Crippen molar-refractivity contribution < 1.29 is 43.9 Å². The number of phenols is 1. The molecule has 1 saturated heterocycles. The lowest BCUT2D eigenvalue weighted by atomic mass is 9.58. The third-order valence-corrected chi connectivity index (χ3v) is 8.97. The summed E-state index contributed by atoms with van der Waals surface area (Å²) in [7, 11) is 1.49. The van der Waals surface area contributed by atoms with Crippen molar-refractivity contribution in [2.75, 3.05) is 33.4 Å². The summed E-state index contributed by atoms with van der Waals surface area (Å²) in [6.07, 6.45) is 1.84. The summed E-state index contributed by atoms with van der Waals surface area (Å²) in [6.45, 7) is 2.58. The Balaban J connectivity index is 1.67. The van der Waals surface area contributed by atoms with Crippen LogP contribution in [-0.2, 0) is 16.0 Å². The predicted octanol–water partition coefficient (Wildman–Crippen LogP) is 1.28. The Kier molecular flexibility index (Phi) is 7.13. The lowest BCUT2D eigenvalue weighted by Gasteiger charge is -2.49. The number of allylic oxidation sites excluding steroid dienone is 1. The molecule has 1 fully saturated rings. The number of aliphatic hydroxyl groups excluding tert-OH is 2. The highest BCUT2D eigenvalue weighted by atomic mass is 19.1. The van der Waals surface area contributed by atoms with E-state index in [1.54, 1.807) is 0 Å². The zero-order chi connectivity index (χ0) is 29.1. The molecule has 11 nitrogen and oxygen atoms in total. The number of methoxy groups -OCH3 is 1. The third-order valence-electron chi connectivity index (χ3n) is 8.97. The minimum Gasteiger partial charge on any atom is -0.510 e. The largest absolute Gasteiger partial charge is 0.510 e. The number of ketones is 2. The van der Waals surface area contributed by atoms with Crippen molar-refractivity contribution in [3.63, 3.8) is 0 Å². The number of hydrogen-bond acceptors (Lipinski definition) is 10. The van der Waals surface area contributed by atoms with Gasteiger partial charge in [-0.05, 0) is 50.8 Å². The number of carbonyl (C=O) groups is 3. The van der Waals surface area contributed by atoms with E-state index in [4.69, 9.17) is 10.5 Å². The van der Waals surface area contributed by atoms with Gasteiger partial charge in [0.2, 0.25) is 5.78 Å². The molecule has 4 aliphatic rings. The van der Waals surface area contributed by atoms with E-state index in [-0.39, 0.29) is 42.3 Å². The van der Waals surface area contributed by atoms with E-state index in [9.17, 15) is 39.2 Å². The van der Waals surface area contributed by atoms with E-state index in [1.807, 2.05) is 6.92 Å². The Morgan fingerprint density at radius 3 is 2.65 bits per heavy atom. The first-order chi connectivity index (χ1) is 19.0. The normalized spacial score (nSPS) is 30.3. The molecule has 216 valence electrons. The molecule has 0 spiro atoms. The predicted molar refractivity (Wildman–Crippen MR) is 140 cm³/mol. The summed E-state index contributed by atoms with van der Waals surface area (Å²) in [4.78, 5) is 41.6. The fourth-order valence-corrected chi connectivity index (χ4v) is 7.24. The molecule has 12 heteroatoms. The topological polar surface area (TPSA) is 183 Å². The van der Waals surface area contributed by atoms with Gasteiger partial charge in [-0.1, -0.05) is 6.92 Å². The SMILES string of the molecule is CCN1CCC[C@H]1c1cc(O)c2c(c1OC)C[C@H]1C[C@H]3[C@H](NCCF)C(O)=C(C(N)=O)C(=O)[C@@]3(O)C(O)=C1C2=O. The second kappa shape index (κ2) is 10.2. The maximum absolute atomic E-state index is 13.9. The minimum absolute atomic E-state index is 0.0207. The van der Waals surface area contributed by atoms with E-state index in [0.29, 0.717) is 11.3 Å². The fraction of sp³-hybridized carbons (Fsp3) is 0.536. The van der Waals surface area contributed by atoms with E-state index < -0.39 is 64.7 Å². The van der Waals surface area contributed by atoms with E-state index in [1.165, 1.54) is 13.2 Å². The minimum atomic E-state index is -2.78. The Hall–Kier alpha value is -3.48. The van der Waals surface area contributed by atoms with Gasteiger partial charge in [-0.25, -0.2) is 4.39 Å². The number of nitrogens with zero attached hydrogens (tertiary/aromatic N) is 1. The molecule has 3 aliphatic carbocycles. The van der Waals surface area contributed by atoms with Crippen LogP contribution >= 0.6 is 0 Å². The smallest absolute Gasteiger partial charge is 0.255 e. The van der Waals surface area contributed by atoms with Gasteiger partial charge in [0.15, 0.2) is 11.4 Å². The van der Waals surface area contributed by atoms with Crippen LogP contribution in [-0.4, -0.2) is 87.9 Å². The Labute approximate surface area is 230 Å². The van der Waals surface area contributed by atoms with Crippen LogP contribution in [0.2, 0.25) is 0 Å². The van der Waals surface area contributed by atoms with Crippen LogP contribution in [0.4, 0.5) is 4.39 Å². The van der Waals surface area contributed by atoms with Crippen LogP contribution in [0.3, 0.4) is 0 Å². The number of aromatic hydroxyl groups is 1. The molecule has 1 aromatic carbocycles. The molecule has 1 aliphatic heterocycles. The molecule has 0 bridgehead atoms. The molecule has 1 aromatic rings. The first kappa shape index (κ1) is 28.1. The number of carbonyl (C=O) groups excluding carboxylic acids is 3. The number of Topliss-reactive ketones (excluding diaryl/α,β-unsaturated/α-hetero) is 2. The number of nitrogens with two attached hydrogens (primary N) is 1. The molecule has 7 N–H and O–H groups in total. The lowest BCUT2D eigenvalue weighted by Crippen LogP contribution is -2.64. The van der Waals surface area contributed by atoms with Crippen LogP contribution in [0, 0.1) is 11.8 Å².